The fraction of sp³-hybridized carbons (Fsp3) is 0.600. The normalized spacial score (nSPS) is 23.6. The van der Waals surface area contributed by atoms with Crippen molar-refractivity contribution in [2.45, 2.75) is 37.9 Å². The molecule has 0 aromatic heterocycles. The number of nitrogens with zero attached hydrogens (tertiary/aromatic N) is 3. The molecule has 1 fully saturated rings. The smallest absolute Gasteiger partial charge is 0.328 e. The lowest BCUT2D eigenvalue weighted by Crippen LogP contribution is -2.54. The van der Waals surface area contributed by atoms with Crippen LogP contribution >= 0.6 is 0 Å². The van der Waals surface area contributed by atoms with Crippen LogP contribution in [0.1, 0.15) is 24.0 Å². The van der Waals surface area contributed by atoms with Gasteiger partial charge in [0.1, 0.15) is 6.04 Å². The van der Waals surface area contributed by atoms with Gasteiger partial charge in [0.25, 0.3) is 0 Å². The Hall–Kier alpha value is -1.92. The molecule has 0 N–H and O–H groups in total. The summed E-state index contributed by atoms with van der Waals surface area (Å²) < 4.78 is 4.97. The number of amides is 1. The van der Waals surface area contributed by atoms with Crippen molar-refractivity contribution in [2.24, 2.45) is 0 Å². The molecule has 0 aliphatic carbocycles. The predicted octanol–water partition coefficient (Wildman–Crippen LogP) is 1.14. The Morgan fingerprint density at radius 1 is 1.23 bits per heavy atom. The van der Waals surface area contributed by atoms with Gasteiger partial charge in [-0.15, -0.1) is 0 Å². The van der Waals surface area contributed by atoms with E-state index in [2.05, 4.69) is 23.9 Å². The number of likely N-dealkylation sites (tertiary alicyclic amines) is 1. The molecule has 3 rings (SSSR count). The summed E-state index contributed by atoms with van der Waals surface area (Å²) in [6.07, 6.45) is 2.79. The maximum absolute atomic E-state index is 13.0. The number of hydrogen-bond donors (Lipinski definition) is 0. The first kappa shape index (κ1) is 18.9. The predicted molar refractivity (Wildman–Crippen MR) is 99.6 cm³/mol. The number of ether oxygens (including phenoxy) is 1. The summed E-state index contributed by atoms with van der Waals surface area (Å²) in [5.41, 5.74) is 2.24. The maximum Gasteiger partial charge on any atom is 0.328 e. The van der Waals surface area contributed by atoms with E-state index >= 15 is 0 Å². The molecule has 2 unspecified atom stereocenters. The van der Waals surface area contributed by atoms with Crippen LogP contribution in [0.25, 0.3) is 0 Å². The molecule has 2 aliphatic rings. The molecular formula is C20H29N3O3. The van der Waals surface area contributed by atoms with Gasteiger partial charge in [-0.25, -0.2) is 4.79 Å². The summed E-state index contributed by atoms with van der Waals surface area (Å²) in [7, 11) is 5.56. The molecule has 142 valence electrons. The molecule has 1 saturated heterocycles. The fourth-order valence-electron chi connectivity index (χ4n) is 4.01. The number of piperidine rings is 1. The monoisotopic (exact) mass is 359 g/mol. The van der Waals surface area contributed by atoms with Crippen molar-refractivity contribution in [3.63, 3.8) is 0 Å². The van der Waals surface area contributed by atoms with Gasteiger partial charge >= 0.3 is 5.97 Å². The summed E-state index contributed by atoms with van der Waals surface area (Å²) in [4.78, 5) is 31.5. The Labute approximate surface area is 155 Å². The summed E-state index contributed by atoms with van der Waals surface area (Å²) in [6, 6.07) is 7.96. The second-order valence-electron chi connectivity index (χ2n) is 7.53. The van der Waals surface area contributed by atoms with Crippen LogP contribution in [0, 0.1) is 0 Å². The van der Waals surface area contributed by atoms with E-state index in [4.69, 9.17) is 4.74 Å². The highest BCUT2D eigenvalue weighted by molar-refractivity contribution is 5.86. The first-order valence-electron chi connectivity index (χ1n) is 9.32. The fourth-order valence-corrected chi connectivity index (χ4v) is 4.01. The van der Waals surface area contributed by atoms with Crippen LogP contribution in [0.3, 0.4) is 0 Å². The minimum absolute atomic E-state index is 0.00862. The van der Waals surface area contributed by atoms with Crippen LogP contribution in [0.5, 0.6) is 0 Å². The van der Waals surface area contributed by atoms with Crippen molar-refractivity contribution in [1.82, 2.24) is 14.7 Å². The van der Waals surface area contributed by atoms with Gasteiger partial charge in [0, 0.05) is 25.6 Å². The second-order valence-corrected chi connectivity index (χ2v) is 7.53. The van der Waals surface area contributed by atoms with Crippen LogP contribution in [0.4, 0.5) is 0 Å². The van der Waals surface area contributed by atoms with Crippen LogP contribution in [0.2, 0.25) is 0 Å². The van der Waals surface area contributed by atoms with E-state index < -0.39 is 6.04 Å². The van der Waals surface area contributed by atoms with E-state index in [1.54, 1.807) is 4.90 Å². The van der Waals surface area contributed by atoms with E-state index in [9.17, 15) is 9.59 Å². The largest absolute Gasteiger partial charge is 0.467 e. The molecule has 6 nitrogen and oxygen atoms in total. The Balaban J connectivity index is 1.72. The number of likely N-dealkylation sites (N-methyl/N-ethyl adjacent to an activating group) is 1. The number of carbonyl (C=O) groups is 2. The molecule has 1 aromatic rings. The number of rotatable bonds is 4. The average Bonchev–Trinajstić information content (AvgIpc) is 2.66. The molecule has 26 heavy (non-hydrogen) atoms. The van der Waals surface area contributed by atoms with Crippen LogP contribution in [0.15, 0.2) is 24.3 Å². The molecule has 0 bridgehead atoms. The molecule has 0 saturated carbocycles. The average molecular weight is 359 g/mol. The first-order chi connectivity index (χ1) is 12.5. The number of hydrogen-bond acceptors (Lipinski definition) is 5. The van der Waals surface area contributed by atoms with E-state index in [1.807, 2.05) is 24.3 Å². The summed E-state index contributed by atoms with van der Waals surface area (Å²) in [6.45, 7) is 2.66. The number of esters is 1. The zero-order chi connectivity index (χ0) is 18.7. The van der Waals surface area contributed by atoms with Gasteiger partial charge in [-0.2, -0.15) is 0 Å². The van der Waals surface area contributed by atoms with Crippen molar-refractivity contribution in [3.8, 4) is 0 Å². The Morgan fingerprint density at radius 2 is 1.96 bits per heavy atom. The molecule has 0 radical (unpaired) electrons. The number of methoxy groups -OCH3 is 1. The third-order valence-electron chi connectivity index (χ3n) is 5.61. The van der Waals surface area contributed by atoms with Crippen molar-refractivity contribution in [2.75, 3.05) is 40.8 Å². The maximum atomic E-state index is 13.0. The second kappa shape index (κ2) is 8.18. The molecular weight excluding hydrogens is 330 g/mol. The van der Waals surface area contributed by atoms with Crippen molar-refractivity contribution < 1.29 is 14.3 Å². The van der Waals surface area contributed by atoms with E-state index in [0.29, 0.717) is 25.6 Å². The summed E-state index contributed by atoms with van der Waals surface area (Å²) in [5.74, 6) is -0.327. The van der Waals surface area contributed by atoms with Crippen LogP contribution < -0.4 is 0 Å². The summed E-state index contributed by atoms with van der Waals surface area (Å²) >= 11 is 0. The van der Waals surface area contributed by atoms with Crippen molar-refractivity contribution >= 4 is 11.9 Å². The van der Waals surface area contributed by atoms with Crippen LogP contribution in [-0.2, 0) is 27.3 Å². The molecule has 1 amide bonds. The van der Waals surface area contributed by atoms with E-state index in [0.717, 1.165) is 30.6 Å². The number of benzene rings is 1. The summed E-state index contributed by atoms with van der Waals surface area (Å²) in [5, 5.41) is 0. The van der Waals surface area contributed by atoms with Gasteiger partial charge < -0.3 is 14.5 Å². The zero-order valence-electron chi connectivity index (χ0n) is 16.0. The Morgan fingerprint density at radius 3 is 2.65 bits per heavy atom. The molecule has 2 aliphatic heterocycles. The molecule has 1 aromatic carbocycles. The van der Waals surface area contributed by atoms with Gasteiger partial charge in [0.15, 0.2) is 0 Å². The highest BCUT2D eigenvalue weighted by Gasteiger charge is 2.36. The first-order valence-corrected chi connectivity index (χ1v) is 9.32. The quantitative estimate of drug-likeness (QED) is 0.755. The van der Waals surface area contributed by atoms with Crippen molar-refractivity contribution in [3.05, 3.63) is 35.4 Å². The van der Waals surface area contributed by atoms with Gasteiger partial charge in [0.2, 0.25) is 5.91 Å². The molecule has 2 atom stereocenters. The van der Waals surface area contributed by atoms with Crippen molar-refractivity contribution in [1.29, 1.82) is 0 Å². The van der Waals surface area contributed by atoms with E-state index in [1.165, 1.54) is 13.5 Å². The minimum Gasteiger partial charge on any atom is -0.467 e. The van der Waals surface area contributed by atoms with Gasteiger partial charge in [0.05, 0.1) is 13.7 Å². The lowest BCUT2D eigenvalue weighted by molar-refractivity contribution is -0.154. The molecule has 6 heteroatoms. The van der Waals surface area contributed by atoms with E-state index in [-0.39, 0.29) is 11.9 Å². The van der Waals surface area contributed by atoms with Gasteiger partial charge in [-0.1, -0.05) is 24.3 Å². The SMILES string of the molecule is COC(=O)C1Cc2ccccc2CN1C(=O)CN1CCCC(N(C)C)C1. The molecule has 0 spiro atoms. The highest BCUT2D eigenvalue weighted by atomic mass is 16.5. The minimum atomic E-state index is -0.531. The highest BCUT2D eigenvalue weighted by Crippen LogP contribution is 2.24. The lowest BCUT2D eigenvalue weighted by atomic mass is 9.93. The number of fused-ring (bicyclic) bond motifs is 1. The van der Waals surface area contributed by atoms with Gasteiger partial charge in [-0.05, 0) is 44.6 Å². The third-order valence-corrected chi connectivity index (χ3v) is 5.61. The third kappa shape index (κ3) is 4.07. The topological polar surface area (TPSA) is 53.1 Å². The lowest BCUT2D eigenvalue weighted by Gasteiger charge is -2.39. The zero-order valence-corrected chi connectivity index (χ0v) is 16.0. The Kier molecular flexibility index (Phi) is 5.94. The van der Waals surface area contributed by atoms with Crippen LogP contribution in [-0.4, -0.2) is 79.5 Å². The van der Waals surface area contributed by atoms with Gasteiger partial charge in [-0.3, -0.25) is 9.69 Å². The Bertz CT molecular complexity index is 661. The molecule has 2 heterocycles. The number of carbonyl (C=O) groups excluding carboxylic acids is 2. The standard InChI is InChI=1S/C20H29N3O3/c1-21(2)17-9-6-10-22(13-17)14-19(24)23-12-16-8-5-4-7-15(16)11-18(23)20(25)26-3/h4-5,7-8,17-18H,6,9-14H2,1-3H3.